The Morgan fingerprint density at radius 2 is 2.04 bits per heavy atom. The normalized spacial score (nSPS) is 19.4. The monoisotopic (exact) mass is 355 g/mol. The fourth-order valence-corrected chi connectivity index (χ4v) is 3.26. The molecule has 1 fully saturated rings. The minimum absolute atomic E-state index is 0.152. The molecule has 1 saturated heterocycles. The average Bonchev–Trinajstić information content (AvgIpc) is 2.67. The van der Waals surface area contributed by atoms with Crippen LogP contribution in [-0.4, -0.2) is 53.8 Å². The minimum Gasteiger partial charge on any atom is -0.496 e. The summed E-state index contributed by atoms with van der Waals surface area (Å²) in [5, 5.41) is 3.22. The highest BCUT2D eigenvalue weighted by atomic mass is 16.5. The van der Waals surface area contributed by atoms with Crippen LogP contribution in [0.25, 0.3) is 0 Å². The van der Waals surface area contributed by atoms with E-state index in [1.54, 1.807) is 11.7 Å². The van der Waals surface area contributed by atoms with E-state index in [-0.39, 0.29) is 5.56 Å². The van der Waals surface area contributed by atoms with Crippen LogP contribution >= 0.6 is 0 Å². The van der Waals surface area contributed by atoms with E-state index in [0.29, 0.717) is 36.6 Å². The molecule has 4 rings (SSSR count). The van der Waals surface area contributed by atoms with Crippen molar-refractivity contribution in [2.45, 2.75) is 13.1 Å². The second kappa shape index (κ2) is 6.80. The third-order valence-corrected chi connectivity index (χ3v) is 4.52. The molecule has 0 bridgehead atoms. The molecule has 8 heteroatoms. The number of hydrogen-bond acceptors (Lipinski definition) is 7. The van der Waals surface area contributed by atoms with Gasteiger partial charge in [-0.1, -0.05) is 18.2 Å². The summed E-state index contributed by atoms with van der Waals surface area (Å²) in [5.74, 6) is 1.87. The van der Waals surface area contributed by atoms with Gasteiger partial charge in [0, 0.05) is 30.4 Å². The van der Waals surface area contributed by atoms with Crippen LogP contribution in [0, 0.1) is 6.92 Å². The number of guanidine groups is 1. The van der Waals surface area contributed by atoms with Gasteiger partial charge in [-0.25, -0.2) is 9.98 Å². The van der Waals surface area contributed by atoms with Crippen molar-refractivity contribution in [3.8, 4) is 5.75 Å². The molecular weight excluding hydrogens is 334 g/mol. The minimum atomic E-state index is -0.541. The zero-order valence-corrected chi connectivity index (χ0v) is 14.8. The number of fused-ring (bicyclic) bond motifs is 1. The number of anilines is 1. The second-order valence-corrected chi connectivity index (χ2v) is 6.22. The fourth-order valence-electron chi connectivity index (χ4n) is 3.26. The molecule has 0 spiro atoms. The van der Waals surface area contributed by atoms with Gasteiger partial charge in [0.05, 0.1) is 20.3 Å². The van der Waals surface area contributed by atoms with Crippen LogP contribution in [0.2, 0.25) is 0 Å². The smallest absolute Gasteiger partial charge is 0.257 e. The second-order valence-electron chi connectivity index (χ2n) is 6.22. The lowest BCUT2D eigenvalue weighted by Crippen LogP contribution is -2.47. The van der Waals surface area contributed by atoms with Gasteiger partial charge in [-0.15, -0.1) is 0 Å². The van der Waals surface area contributed by atoms with Crippen LogP contribution in [0.3, 0.4) is 0 Å². The fraction of sp³-hybridized carbons (Fsp3) is 0.389. The molecule has 0 saturated carbocycles. The molecule has 0 radical (unpaired) electrons. The van der Waals surface area contributed by atoms with Crippen molar-refractivity contribution in [2.75, 3.05) is 38.7 Å². The zero-order valence-electron chi connectivity index (χ0n) is 14.8. The van der Waals surface area contributed by atoms with Crippen molar-refractivity contribution in [1.29, 1.82) is 0 Å². The molecule has 1 aromatic carbocycles. The first-order chi connectivity index (χ1) is 12.7. The van der Waals surface area contributed by atoms with Crippen molar-refractivity contribution < 1.29 is 9.47 Å². The Hall–Kier alpha value is -2.87. The van der Waals surface area contributed by atoms with Gasteiger partial charge in [0.25, 0.3) is 5.56 Å². The number of hydrogen-bond donors (Lipinski definition) is 1. The zero-order chi connectivity index (χ0) is 18.1. The van der Waals surface area contributed by atoms with Crippen LogP contribution in [0.4, 0.5) is 5.95 Å². The Morgan fingerprint density at radius 1 is 1.27 bits per heavy atom. The maximum atomic E-state index is 12.7. The number of methoxy groups -OCH3 is 1. The summed E-state index contributed by atoms with van der Waals surface area (Å²) in [6, 6.07) is 9.12. The molecule has 8 nitrogen and oxygen atoms in total. The largest absolute Gasteiger partial charge is 0.496 e. The van der Waals surface area contributed by atoms with Crippen LogP contribution in [0.15, 0.2) is 40.1 Å². The van der Waals surface area contributed by atoms with Gasteiger partial charge in [0.1, 0.15) is 5.75 Å². The van der Waals surface area contributed by atoms with Gasteiger partial charge in [-0.2, -0.15) is 0 Å². The first-order valence-electron chi connectivity index (χ1n) is 8.58. The third-order valence-electron chi connectivity index (χ3n) is 4.52. The van der Waals surface area contributed by atoms with E-state index in [1.165, 1.54) is 6.07 Å². The highest BCUT2D eigenvalue weighted by Crippen LogP contribution is 2.32. The van der Waals surface area contributed by atoms with Gasteiger partial charge in [0.15, 0.2) is 6.17 Å². The SMILES string of the molecule is COc1ccccc1C1N=C(N2CCOCC2)Nc2nc(C)cc(=O)n21. The van der Waals surface area contributed by atoms with Crippen LogP contribution in [-0.2, 0) is 4.74 Å². The van der Waals surface area contributed by atoms with E-state index in [1.807, 2.05) is 31.2 Å². The summed E-state index contributed by atoms with van der Waals surface area (Å²) < 4.78 is 12.5. The number of aliphatic imine (C=N–C) groups is 1. The van der Waals surface area contributed by atoms with Gasteiger partial charge in [-0.05, 0) is 13.0 Å². The van der Waals surface area contributed by atoms with Crippen LogP contribution < -0.4 is 15.6 Å². The molecule has 2 aliphatic heterocycles. The van der Waals surface area contributed by atoms with Gasteiger partial charge in [-0.3, -0.25) is 14.7 Å². The van der Waals surface area contributed by atoms with Gasteiger partial charge >= 0.3 is 0 Å². The van der Waals surface area contributed by atoms with Crippen molar-refractivity contribution >= 4 is 11.9 Å². The molecule has 1 aromatic heterocycles. The summed E-state index contributed by atoms with van der Waals surface area (Å²) in [6.45, 7) is 4.57. The average molecular weight is 355 g/mol. The van der Waals surface area contributed by atoms with E-state index < -0.39 is 6.17 Å². The molecule has 136 valence electrons. The summed E-state index contributed by atoms with van der Waals surface area (Å²) in [5.41, 5.74) is 1.33. The summed E-state index contributed by atoms with van der Waals surface area (Å²) >= 11 is 0. The maximum Gasteiger partial charge on any atom is 0.257 e. The number of aromatic nitrogens is 2. The van der Waals surface area contributed by atoms with Crippen molar-refractivity contribution in [3.05, 3.63) is 51.9 Å². The Labute approximate surface area is 151 Å². The van der Waals surface area contributed by atoms with Crippen LogP contribution in [0.1, 0.15) is 17.4 Å². The molecule has 0 amide bonds. The Morgan fingerprint density at radius 3 is 2.81 bits per heavy atom. The molecule has 1 atom stereocenters. The predicted molar refractivity (Wildman–Crippen MR) is 97.8 cm³/mol. The number of aryl methyl sites for hydroxylation is 1. The topological polar surface area (TPSA) is 81.0 Å². The number of morpholine rings is 1. The van der Waals surface area contributed by atoms with Crippen molar-refractivity contribution in [3.63, 3.8) is 0 Å². The highest BCUT2D eigenvalue weighted by molar-refractivity contribution is 5.93. The Kier molecular flexibility index (Phi) is 4.34. The molecule has 26 heavy (non-hydrogen) atoms. The Balaban J connectivity index is 1.86. The molecule has 2 aliphatic rings. The van der Waals surface area contributed by atoms with E-state index in [0.717, 1.165) is 18.7 Å². The standard InChI is InChI=1S/C18H21N5O3/c1-12-11-15(24)23-16(13-5-3-4-6-14(13)25-2)20-17(21-18(23)19-12)22-7-9-26-10-8-22/h3-6,11,16H,7-10H2,1-2H3,(H,19,20,21). The lowest BCUT2D eigenvalue weighted by atomic mass is 10.1. The van der Waals surface area contributed by atoms with Crippen molar-refractivity contribution in [1.82, 2.24) is 14.5 Å². The Bertz CT molecular complexity index is 902. The maximum absolute atomic E-state index is 12.7. The number of nitrogens with one attached hydrogen (secondary N) is 1. The molecule has 0 aliphatic carbocycles. The highest BCUT2D eigenvalue weighted by Gasteiger charge is 2.29. The quantitative estimate of drug-likeness (QED) is 0.872. The third kappa shape index (κ3) is 2.92. The number of rotatable bonds is 2. The summed E-state index contributed by atoms with van der Waals surface area (Å²) in [4.78, 5) is 24.2. The molecule has 1 unspecified atom stereocenters. The first-order valence-corrected chi connectivity index (χ1v) is 8.58. The first kappa shape index (κ1) is 16.6. The lowest BCUT2D eigenvalue weighted by molar-refractivity contribution is 0.0675. The molecular formula is C18H21N5O3. The number of para-hydroxylation sites is 1. The van der Waals surface area contributed by atoms with E-state index in [4.69, 9.17) is 14.5 Å². The van der Waals surface area contributed by atoms with E-state index in [2.05, 4.69) is 15.2 Å². The molecule has 2 aromatic rings. The van der Waals surface area contributed by atoms with Crippen molar-refractivity contribution in [2.24, 2.45) is 4.99 Å². The summed E-state index contributed by atoms with van der Waals surface area (Å²) in [7, 11) is 1.61. The summed E-state index contributed by atoms with van der Waals surface area (Å²) in [6.07, 6.45) is -0.541. The number of benzene rings is 1. The lowest BCUT2D eigenvalue weighted by Gasteiger charge is -2.34. The van der Waals surface area contributed by atoms with Gasteiger partial charge in [0.2, 0.25) is 11.9 Å². The molecule has 3 heterocycles. The van der Waals surface area contributed by atoms with E-state index >= 15 is 0 Å². The number of ether oxygens (including phenoxy) is 2. The molecule has 1 N–H and O–H groups in total. The van der Waals surface area contributed by atoms with E-state index in [9.17, 15) is 4.79 Å². The van der Waals surface area contributed by atoms with Crippen LogP contribution in [0.5, 0.6) is 5.75 Å². The number of nitrogens with zero attached hydrogens (tertiary/aromatic N) is 4. The predicted octanol–water partition coefficient (Wildman–Crippen LogP) is 1.22. The van der Waals surface area contributed by atoms with Gasteiger partial charge < -0.3 is 14.4 Å².